The predicted molar refractivity (Wildman–Crippen MR) is 108 cm³/mol. The number of nitrogens with zero attached hydrogens (tertiary/aromatic N) is 2. The summed E-state index contributed by atoms with van der Waals surface area (Å²) in [6.45, 7) is 6.47. The molecule has 0 aliphatic carbocycles. The highest BCUT2D eigenvalue weighted by molar-refractivity contribution is 7.89. The Bertz CT molecular complexity index is 719. The number of guanidine groups is 1. The fourth-order valence-electron chi connectivity index (χ4n) is 3.20. The Balaban J connectivity index is 1.96. The van der Waals surface area contributed by atoms with Gasteiger partial charge >= 0.3 is 0 Å². The first kappa shape index (κ1) is 21.7. The normalized spacial score (nSPS) is 20.3. The average molecular weight is 397 g/mol. The molecule has 1 aliphatic rings. The second-order valence-corrected chi connectivity index (χ2v) is 9.12. The number of methoxy groups -OCH3 is 1. The van der Waals surface area contributed by atoms with Gasteiger partial charge in [0.05, 0.1) is 11.5 Å². The molecular formula is C19H32N4O3S. The zero-order chi connectivity index (χ0) is 19.9. The van der Waals surface area contributed by atoms with Gasteiger partial charge in [0.1, 0.15) is 0 Å². The molecule has 0 bridgehead atoms. The lowest BCUT2D eigenvalue weighted by Crippen LogP contribution is -2.43. The number of hydrogen-bond acceptors (Lipinski definition) is 4. The smallest absolute Gasteiger partial charge is 0.243 e. The van der Waals surface area contributed by atoms with Crippen molar-refractivity contribution < 1.29 is 13.2 Å². The number of rotatable bonds is 7. The minimum atomic E-state index is -3.41. The lowest BCUT2D eigenvalue weighted by atomic mass is 10.0. The van der Waals surface area contributed by atoms with Crippen molar-refractivity contribution in [1.29, 1.82) is 0 Å². The van der Waals surface area contributed by atoms with Crippen molar-refractivity contribution in [2.75, 3.05) is 33.9 Å². The lowest BCUT2D eigenvalue weighted by molar-refractivity contribution is 0.179. The van der Waals surface area contributed by atoms with E-state index >= 15 is 0 Å². The summed E-state index contributed by atoms with van der Waals surface area (Å²) < 4.78 is 32.3. The first-order valence-corrected chi connectivity index (χ1v) is 10.9. The largest absolute Gasteiger partial charge is 0.383 e. The highest BCUT2D eigenvalue weighted by Crippen LogP contribution is 2.23. The van der Waals surface area contributed by atoms with Crippen LogP contribution in [0.4, 0.5) is 0 Å². The van der Waals surface area contributed by atoms with Gasteiger partial charge < -0.3 is 15.4 Å². The maximum Gasteiger partial charge on any atom is 0.243 e. The van der Waals surface area contributed by atoms with E-state index in [0.29, 0.717) is 43.0 Å². The highest BCUT2D eigenvalue weighted by Gasteiger charge is 2.28. The molecule has 0 amide bonds. The van der Waals surface area contributed by atoms with E-state index in [1.54, 1.807) is 30.6 Å². The van der Waals surface area contributed by atoms with E-state index in [1.807, 2.05) is 19.1 Å². The van der Waals surface area contributed by atoms with Crippen LogP contribution in [-0.4, -0.2) is 58.6 Å². The minimum absolute atomic E-state index is 0.139. The molecule has 0 radical (unpaired) electrons. The van der Waals surface area contributed by atoms with E-state index in [1.165, 1.54) is 0 Å². The molecule has 2 atom stereocenters. The fraction of sp³-hybridized carbons (Fsp3) is 0.632. The first-order valence-electron chi connectivity index (χ1n) is 9.42. The number of piperidine rings is 1. The number of ether oxygens (including phenoxy) is 1. The van der Waals surface area contributed by atoms with Gasteiger partial charge in [-0.1, -0.05) is 19.1 Å². The third-order valence-electron chi connectivity index (χ3n) is 4.66. The van der Waals surface area contributed by atoms with Crippen LogP contribution in [0.1, 0.15) is 32.3 Å². The monoisotopic (exact) mass is 396 g/mol. The Kier molecular flexibility index (Phi) is 8.07. The van der Waals surface area contributed by atoms with Gasteiger partial charge in [-0.25, -0.2) is 8.42 Å². The van der Waals surface area contributed by atoms with Crippen LogP contribution in [0, 0.1) is 5.92 Å². The second-order valence-electron chi connectivity index (χ2n) is 7.18. The van der Waals surface area contributed by atoms with Crippen molar-refractivity contribution in [3.05, 3.63) is 29.8 Å². The zero-order valence-electron chi connectivity index (χ0n) is 16.7. The summed E-state index contributed by atoms with van der Waals surface area (Å²) in [4.78, 5) is 4.54. The van der Waals surface area contributed by atoms with Crippen LogP contribution in [-0.2, 0) is 21.3 Å². The fourth-order valence-corrected chi connectivity index (χ4v) is 4.80. The number of nitrogens with one attached hydrogen (secondary N) is 2. The molecule has 2 rings (SSSR count). The van der Waals surface area contributed by atoms with Gasteiger partial charge in [-0.3, -0.25) is 4.99 Å². The second kappa shape index (κ2) is 10.1. The van der Waals surface area contributed by atoms with Crippen LogP contribution in [0.5, 0.6) is 0 Å². The third-order valence-corrected chi connectivity index (χ3v) is 6.54. The molecule has 2 N–H and O–H groups in total. The first-order chi connectivity index (χ1) is 12.9. The van der Waals surface area contributed by atoms with E-state index in [9.17, 15) is 8.42 Å². The van der Waals surface area contributed by atoms with Crippen molar-refractivity contribution in [2.45, 2.75) is 44.2 Å². The summed E-state index contributed by atoms with van der Waals surface area (Å²) in [7, 11) is -0.0332. The summed E-state index contributed by atoms with van der Waals surface area (Å²) in [5, 5.41) is 6.46. The maximum absolute atomic E-state index is 12.8. The SMILES string of the molecule is CN=C(NCc1ccc(S(=O)(=O)N2CCCC(C)C2)cc1)NC(C)COC. The van der Waals surface area contributed by atoms with E-state index in [4.69, 9.17) is 4.74 Å². The number of benzene rings is 1. The molecule has 1 heterocycles. The molecule has 0 spiro atoms. The highest BCUT2D eigenvalue weighted by atomic mass is 32.2. The van der Waals surface area contributed by atoms with Gasteiger partial charge in [-0.05, 0) is 43.4 Å². The Hall–Kier alpha value is -1.64. The Morgan fingerprint density at radius 1 is 1.37 bits per heavy atom. The van der Waals surface area contributed by atoms with Crippen molar-refractivity contribution in [3.63, 3.8) is 0 Å². The van der Waals surface area contributed by atoms with E-state index in [2.05, 4.69) is 22.5 Å². The summed E-state index contributed by atoms with van der Waals surface area (Å²) >= 11 is 0. The van der Waals surface area contributed by atoms with Gasteiger partial charge in [0.25, 0.3) is 0 Å². The van der Waals surface area contributed by atoms with Crippen LogP contribution < -0.4 is 10.6 Å². The molecule has 1 aliphatic heterocycles. The Morgan fingerprint density at radius 2 is 2.07 bits per heavy atom. The Morgan fingerprint density at radius 3 is 2.67 bits per heavy atom. The summed E-state index contributed by atoms with van der Waals surface area (Å²) in [5.41, 5.74) is 0.989. The molecular weight excluding hydrogens is 364 g/mol. The molecule has 27 heavy (non-hydrogen) atoms. The molecule has 152 valence electrons. The maximum atomic E-state index is 12.8. The zero-order valence-corrected chi connectivity index (χ0v) is 17.6. The molecule has 0 saturated carbocycles. The molecule has 0 aromatic heterocycles. The average Bonchev–Trinajstić information content (AvgIpc) is 2.65. The van der Waals surface area contributed by atoms with Gasteiger partial charge in [0.2, 0.25) is 10.0 Å². The predicted octanol–water partition coefficient (Wildman–Crippen LogP) is 1.81. The van der Waals surface area contributed by atoms with Crippen LogP contribution in [0.25, 0.3) is 0 Å². The van der Waals surface area contributed by atoms with Gasteiger partial charge in [0.15, 0.2) is 5.96 Å². The van der Waals surface area contributed by atoms with E-state index in [-0.39, 0.29) is 6.04 Å². The van der Waals surface area contributed by atoms with Crippen molar-refractivity contribution in [1.82, 2.24) is 14.9 Å². The lowest BCUT2D eigenvalue weighted by Gasteiger charge is -2.30. The molecule has 8 heteroatoms. The third kappa shape index (κ3) is 6.19. The topological polar surface area (TPSA) is 83.0 Å². The molecule has 2 unspecified atom stereocenters. The standard InChI is InChI=1S/C19H32N4O3S/c1-15-6-5-11-23(13-15)27(24,25)18-9-7-17(8-10-18)12-21-19(20-3)22-16(2)14-26-4/h7-10,15-16H,5-6,11-14H2,1-4H3,(H2,20,21,22). The van der Waals surface area contributed by atoms with Crippen LogP contribution in [0.15, 0.2) is 34.2 Å². The molecule has 1 saturated heterocycles. The molecule has 7 nitrogen and oxygen atoms in total. The molecule has 1 fully saturated rings. The van der Waals surface area contributed by atoms with Gasteiger partial charge in [-0.15, -0.1) is 0 Å². The summed E-state index contributed by atoms with van der Waals surface area (Å²) in [6, 6.07) is 7.21. The number of aliphatic imine (C=N–C) groups is 1. The van der Waals surface area contributed by atoms with Gasteiger partial charge in [0, 0.05) is 39.8 Å². The summed E-state index contributed by atoms with van der Waals surface area (Å²) in [6.07, 6.45) is 2.02. The van der Waals surface area contributed by atoms with Crippen LogP contribution in [0.2, 0.25) is 0 Å². The number of hydrogen-bond donors (Lipinski definition) is 2. The van der Waals surface area contributed by atoms with Gasteiger partial charge in [-0.2, -0.15) is 4.31 Å². The van der Waals surface area contributed by atoms with E-state index in [0.717, 1.165) is 18.4 Å². The van der Waals surface area contributed by atoms with Crippen LogP contribution in [0.3, 0.4) is 0 Å². The van der Waals surface area contributed by atoms with Crippen molar-refractivity contribution >= 4 is 16.0 Å². The molecule has 1 aromatic carbocycles. The summed E-state index contributed by atoms with van der Waals surface area (Å²) in [5.74, 6) is 1.09. The Labute approximate surface area is 163 Å². The quantitative estimate of drug-likeness (QED) is 0.542. The van der Waals surface area contributed by atoms with Crippen LogP contribution >= 0.6 is 0 Å². The van der Waals surface area contributed by atoms with Crippen molar-refractivity contribution in [3.8, 4) is 0 Å². The number of sulfonamides is 1. The van der Waals surface area contributed by atoms with E-state index < -0.39 is 10.0 Å². The minimum Gasteiger partial charge on any atom is -0.383 e. The van der Waals surface area contributed by atoms with Crippen molar-refractivity contribution in [2.24, 2.45) is 10.9 Å². The molecule has 1 aromatic rings.